The summed E-state index contributed by atoms with van der Waals surface area (Å²) < 4.78 is 14.8. The molecule has 1 aliphatic carbocycles. The number of aromatic nitrogens is 2. The van der Waals surface area contributed by atoms with Gasteiger partial charge in [-0.1, -0.05) is 0 Å². The van der Waals surface area contributed by atoms with Gasteiger partial charge < -0.3 is 4.98 Å². The molecular weight excluding hydrogens is 303 g/mol. The van der Waals surface area contributed by atoms with E-state index in [4.69, 9.17) is 0 Å². The van der Waals surface area contributed by atoms with Crippen molar-refractivity contribution in [3.8, 4) is 0 Å². The highest BCUT2D eigenvalue weighted by atomic mass is 79.9. The molecule has 0 unspecified atom stereocenters. The average Bonchev–Trinajstić information content (AvgIpc) is 3.11. The number of nitrogens with one attached hydrogen (secondary N) is 1. The highest BCUT2D eigenvalue weighted by Gasteiger charge is 2.23. The zero-order valence-electron chi connectivity index (χ0n) is 9.37. The van der Waals surface area contributed by atoms with Gasteiger partial charge in [-0.3, -0.25) is 9.36 Å². The van der Waals surface area contributed by atoms with Gasteiger partial charge in [0.1, 0.15) is 5.82 Å². The molecule has 0 radical (unpaired) electrons. The number of fused-ring (bicyclic) bond motifs is 1. The lowest BCUT2D eigenvalue weighted by atomic mass is 10.2. The smallest absolute Gasteiger partial charge is 0.307 e. The van der Waals surface area contributed by atoms with Crippen molar-refractivity contribution in [3.63, 3.8) is 0 Å². The molecule has 18 heavy (non-hydrogen) atoms. The zero-order chi connectivity index (χ0) is 12.9. The summed E-state index contributed by atoms with van der Waals surface area (Å²) in [6.45, 7) is 0.444. The van der Waals surface area contributed by atoms with E-state index in [1.807, 2.05) is 0 Å². The first-order valence-corrected chi connectivity index (χ1v) is 6.47. The van der Waals surface area contributed by atoms with Gasteiger partial charge in [0, 0.05) is 6.54 Å². The Hall–Kier alpha value is -1.43. The standard InChI is InChI=1S/C12H10BrFN2O2/c13-8-3-7-10(4-9(8)14)15-12(18)16(11(7)17)5-6-1-2-6/h3-4,6H,1-2,5H2,(H,15,18). The Balaban J connectivity index is 2.29. The van der Waals surface area contributed by atoms with Gasteiger partial charge in [-0.15, -0.1) is 0 Å². The van der Waals surface area contributed by atoms with Crippen molar-refractivity contribution >= 4 is 26.8 Å². The second-order valence-corrected chi connectivity index (χ2v) is 5.46. The molecule has 94 valence electrons. The van der Waals surface area contributed by atoms with E-state index in [9.17, 15) is 14.0 Å². The molecule has 1 saturated carbocycles. The molecular formula is C12H10BrFN2O2. The van der Waals surface area contributed by atoms with Gasteiger partial charge in [-0.2, -0.15) is 0 Å². The SMILES string of the molecule is O=c1[nH]c2cc(F)c(Br)cc2c(=O)n1CC1CC1. The third-order valence-corrected chi connectivity index (χ3v) is 3.77. The lowest BCUT2D eigenvalue weighted by Crippen LogP contribution is -2.35. The Morgan fingerprint density at radius 3 is 2.78 bits per heavy atom. The van der Waals surface area contributed by atoms with Crippen LogP contribution in [0, 0.1) is 11.7 Å². The van der Waals surface area contributed by atoms with Crippen LogP contribution < -0.4 is 11.2 Å². The summed E-state index contributed by atoms with van der Waals surface area (Å²) in [7, 11) is 0. The van der Waals surface area contributed by atoms with Gasteiger partial charge in [-0.25, -0.2) is 9.18 Å². The van der Waals surface area contributed by atoms with E-state index < -0.39 is 11.5 Å². The van der Waals surface area contributed by atoms with Crippen LogP contribution in [0.5, 0.6) is 0 Å². The fraction of sp³-hybridized carbons (Fsp3) is 0.333. The number of aromatic amines is 1. The van der Waals surface area contributed by atoms with Crippen LogP contribution in [-0.4, -0.2) is 9.55 Å². The van der Waals surface area contributed by atoms with Gasteiger partial charge in [-0.05, 0) is 46.8 Å². The maximum Gasteiger partial charge on any atom is 0.328 e. The van der Waals surface area contributed by atoms with Crippen LogP contribution in [0.25, 0.3) is 10.9 Å². The number of H-pyrrole nitrogens is 1. The van der Waals surface area contributed by atoms with Crippen LogP contribution in [0.3, 0.4) is 0 Å². The second kappa shape index (κ2) is 4.05. The number of benzene rings is 1. The number of hydrogen-bond acceptors (Lipinski definition) is 2. The Kier molecular flexibility index (Phi) is 2.62. The van der Waals surface area contributed by atoms with Crippen LogP contribution in [-0.2, 0) is 6.54 Å². The van der Waals surface area contributed by atoms with Gasteiger partial charge in [0.25, 0.3) is 5.56 Å². The second-order valence-electron chi connectivity index (χ2n) is 4.60. The Morgan fingerprint density at radius 2 is 2.11 bits per heavy atom. The Bertz CT molecular complexity index is 746. The molecule has 1 fully saturated rings. The number of hydrogen-bond donors (Lipinski definition) is 1. The van der Waals surface area contributed by atoms with Crippen LogP contribution in [0.2, 0.25) is 0 Å². The average molecular weight is 313 g/mol. The first-order valence-electron chi connectivity index (χ1n) is 5.68. The van der Waals surface area contributed by atoms with Crippen LogP contribution >= 0.6 is 15.9 Å². The molecule has 0 atom stereocenters. The lowest BCUT2D eigenvalue weighted by molar-refractivity contribution is 0.580. The highest BCUT2D eigenvalue weighted by molar-refractivity contribution is 9.10. The normalized spacial score (nSPS) is 15.2. The summed E-state index contributed by atoms with van der Waals surface area (Å²) in [5.41, 5.74) is -0.597. The van der Waals surface area contributed by atoms with Crippen molar-refractivity contribution in [1.29, 1.82) is 0 Å². The van der Waals surface area contributed by atoms with E-state index in [0.717, 1.165) is 18.9 Å². The Morgan fingerprint density at radius 1 is 1.39 bits per heavy atom. The van der Waals surface area contributed by atoms with Crippen molar-refractivity contribution in [2.75, 3.05) is 0 Å². The predicted molar refractivity (Wildman–Crippen MR) is 69.2 cm³/mol. The first kappa shape index (κ1) is 11.6. The summed E-state index contributed by atoms with van der Waals surface area (Å²) in [5, 5.41) is 0.323. The van der Waals surface area contributed by atoms with E-state index >= 15 is 0 Å². The topological polar surface area (TPSA) is 54.9 Å². The molecule has 0 spiro atoms. The molecule has 1 N–H and O–H groups in total. The van der Waals surface area contributed by atoms with Crippen LogP contribution in [0.4, 0.5) is 4.39 Å². The van der Waals surface area contributed by atoms with Crippen LogP contribution in [0.15, 0.2) is 26.2 Å². The summed E-state index contributed by atoms with van der Waals surface area (Å²) in [6, 6.07) is 2.57. The molecule has 1 aromatic heterocycles. The third kappa shape index (κ3) is 1.90. The van der Waals surface area contributed by atoms with Gasteiger partial charge in [0.2, 0.25) is 0 Å². The molecule has 4 nitrogen and oxygen atoms in total. The van der Waals surface area contributed by atoms with E-state index in [0.29, 0.717) is 17.8 Å². The summed E-state index contributed by atoms with van der Waals surface area (Å²) in [4.78, 5) is 26.5. The summed E-state index contributed by atoms with van der Waals surface area (Å²) in [5.74, 6) is -0.0809. The fourth-order valence-corrected chi connectivity index (χ4v) is 2.32. The first-order chi connectivity index (χ1) is 8.56. The van der Waals surface area contributed by atoms with Crippen molar-refractivity contribution in [2.45, 2.75) is 19.4 Å². The predicted octanol–water partition coefficient (Wildman–Crippen LogP) is 2.00. The van der Waals surface area contributed by atoms with Crippen molar-refractivity contribution in [3.05, 3.63) is 43.3 Å². The van der Waals surface area contributed by atoms with Crippen molar-refractivity contribution < 1.29 is 4.39 Å². The monoisotopic (exact) mass is 312 g/mol. The van der Waals surface area contributed by atoms with Crippen molar-refractivity contribution in [1.82, 2.24) is 9.55 Å². The van der Waals surface area contributed by atoms with E-state index in [-0.39, 0.29) is 15.5 Å². The minimum Gasteiger partial charge on any atom is -0.307 e. The maximum absolute atomic E-state index is 13.4. The number of rotatable bonds is 2. The maximum atomic E-state index is 13.4. The highest BCUT2D eigenvalue weighted by Crippen LogP contribution is 2.29. The van der Waals surface area contributed by atoms with Crippen LogP contribution in [0.1, 0.15) is 12.8 Å². The largest absolute Gasteiger partial charge is 0.328 e. The minimum absolute atomic E-state index is 0.220. The van der Waals surface area contributed by atoms with Crippen molar-refractivity contribution in [2.24, 2.45) is 5.92 Å². The zero-order valence-corrected chi connectivity index (χ0v) is 11.0. The van der Waals surface area contributed by atoms with E-state index in [1.165, 1.54) is 10.6 Å². The van der Waals surface area contributed by atoms with Gasteiger partial charge in [0.15, 0.2) is 0 Å². The molecule has 1 aromatic carbocycles. The third-order valence-electron chi connectivity index (χ3n) is 3.16. The summed E-state index contributed by atoms with van der Waals surface area (Å²) in [6.07, 6.45) is 2.11. The molecule has 0 saturated heterocycles. The minimum atomic E-state index is -0.502. The molecule has 0 amide bonds. The quantitative estimate of drug-likeness (QED) is 0.922. The molecule has 1 heterocycles. The molecule has 1 aliphatic rings. The molecule has 3 rings (SSSR count). The van der Waals surface area contributed by atoms with Gasteiger partial charge in [0.05, 0.1) is 15.4 Å². The van der Waals surface area contributed by atoms with E-state index in [1.54, 1.807) is 0 Å². The number of nitrogens with zero attached hydrogens (tertiary/aromatic N) is 1. The summed E-state index contributed by atoms with van der Waals surface area (Å²) >= 11 is 3.04. The lowest BCUT2D eigenvalue weighted by Gasteiger charge is -2.06. The molecule has 0 aliphatic heterocycles. The Labute approximate surface area is 110 Å². The number of halogens is 2. The fourth-order valence-electron chi connectivity index (χ4n) is 1.97. The molecule has 2 aromatic rings. The van der Waals surface area contributed by atoms with E-state index in [2.05, 4.69) is 20.9 Å². The van der Waals surface area contributed by atoms with Gasteiger partial charge >= 0.3 is 5.69 Å². The molecule has 0 bridgehead atoms. The molecule has 6 heteroatoms.